The Bertz CT molecular complexity index is 1360. The molecule has 4 aliphatic rings. The third kappa shape index (κ3) is 7.41. The van der Waals surface area contributed by atoms with Crippen LogP contribution in [0.5, 0.6) is 0 Å². The second-order valence-corrected chi connectivity index (χ2v) is 11.3. The first-order valence-electron chi connectivity index (χ1n) is 14.1. The molecule has 0 radical (unpaired) electrons. The Morgan fingerprint density at radius 3 is 1.27 bits per heavy atom. The quantitative estimate of drug-likeness (QED) is 0.217. The summed E-state index contributed by atoms with van der Waals surface area (Å²) < 4.78 is 17.3. The summed E-state index contributed by atoms with van der Waals surface area (Å²) >= 11 is 0. The highest BCUT2D eigenvalue weighted by molar-refractivity contribution is 5.88. The van der Waals surface area contributed by atoms with Gasteiger partial charge in [0.25, 0.3) is 0 Å². The fourth-order valence-corrected chi connectivity index (χ4v) is 5.12. The maximum atomic E-state index is 11.8. The van der Waals surface area contributed by atoms with Crippen molar-refractivity contribution < 1.29 is 23.8 Å². The number of ether oxygens (including phenoxy) is 3. The molecule has 210 valence electrons. The molecule has 0 N–H and O–H groups in total. The van der Waals surface area contributed by atoms with Crippen molar-refractivity contribution in [2.45, 2.75) is 84.7 Å². The van der Waals surface area contributed by atoms with Crippen molar-refractivity contribution in [1.29, 1.82) is 0 Å². The van der Waals surface area contributed by atoms with Gasteiger partial charge >= 0.3 is 11.9 Å². The molecular weight excluding hydrogens is 500 g/mol. The van der Waals surface area contributed by atoms with E-state index in [1.807, 2.05) is 12.2 Å². The second-order valence-electron chi connectivity index (χ2n) is 11.3. The monoisotopic (exact) mass is 540 g/mol. The molecule has 0 aromatic rings. The summed E-state index contributed by atoms with van der Waals surface area (Å²) in [5, 5.41) is 0. The van der Waals surface area contributed by atoms with E-state index >= 15 is 0 Å². The summed E-state index contributed by atoms with van der Waals surface area (Å²) in [6, 6.07) is 0. The van der Waals surface area contributed by atoms with Crippen LogP contribution in [0.4, 0.5) is 0 Å². The molecule has 0 spiro atoms. The van der Waals surface area contributed by atoms with Crippen LogP contribution in [0.3, 0.4) is 0 Å². The summed E-state index contributed by atoms with van der Waals surface area (Å²) in [4.78, 5) is 23.5. The standard InChI is InChI=1S/C35H40O5/c1-23(2)33(36)38-30-17-9-26(10-18-30)25-7-15-29(16-8-25)35(5,6)40-32-21-13-28(14-22-32)27-11-19-31(20-12-27)39-34(37)24(3)4/h7,9,11,13,15,17,19,21H,1,3,8,10,12,14,16,18,20,22H2,2,4-6H3. The maximum absolute atomic E-state index is 11.8. The predicted molar refractivity (Wildman–Crippen MR) is 159 cm³/mol. The third-order valence-electron chi connectivity index (χ3n) is 7.61. The van der Waals surface area contributed by atoms with Crippen molar-refractivity contribution >= 4 is 11.9 Å². The molecule has 0 fully saturated rings. The molecule has 0 bridgehead atoms. The summed E-state index contributed by atoms with van der Waals surface area (Å²) in [6.07, 6.45) is 23.5. The van der Waals surface area contributed by atoms with E-state index in [0.717, 1.165) is 44.3 Å². The molecule has 0 saturated heterocycles. The van der Waals surface area contributed by atoms with Crippen LogP contribution < -0.4 is 0 Å². The third-order valence-corrected chi connectivity index (χ3v) is 7.61. The average molecular weight is 541 g/mol. The van der Waals surface area contributed by atoms with Gasteiger partial charge in [0.1, 0.15) is 17.1 Å². The zero-order chi connectivity index (χ0) is 28.9. The Labute approximate surface area is 238 Å². The molecule has 40 heavy (non-hydrogen) atoms. The highest BCUT2D eigenvalue weighted by Gasteiger charge is 2.29. The molecule has 0 aromatic heterocycles. The molecule has 0 heterocycles. The fourth-order valence-electron chi connectivity index (χ4n) is 5.12. The Hall–Kier alpha value is -3.86. The first kappa shape index (κ1) is 29.1. The molecular formula is C35H40O5. The molecule has 0 saturated carbocycles. The lowest BCUT2D eigenvalue weighted by atomic mass is 9.84. The van der Waals surface area contributed by atoms with E-state index in [1.54, 1.807) is 13.8 Å². The van der Waals surface area contributed by atoms with Crippen molar-refractivity contribution in [3.8, 4) is 0 Å². The minimum absolute atomic E-state index is 0.366. The number of allylic oxidation sites excluding steroid dienone is 15. The van der Waals surface area contributed by atoms with Crippen molar-refractivity contribution in [2.24, 2.45) is 0 Å². The van der Waals surface area contributed by atoms with E-state index in [0.29, 0.717) is 35.5 Å². The number of hydrogen-bond acceptors (Lipinski definition) is 5. The van der Waals surface area contributed by atoms with E-state index in [9.17, 15) is 9.59 Å². The molecule has 0 aliphatic heterocycles. The van der Waals surface area contributed by atoms with Crippen molar-refractivity contribution in [2.75, 3.05) is 0 Å². The normalized spacial score (nSPS) is 19.3. The number of carbonyl (C=O) groups is 2. The van der Waals surface area contributed by atoms with Crippen LogP contribution >= 0.6 is 0 Å². The summed E-state index contributed by atoms with van der Waals surface area (Å²) in [7, 11) is 0. The second kappa shape index (κ2) is 12.5. The van der Waals surface area contributed by atoms with Gasteiger partial charge in [-0.15, -0.1) is 0 Å². The van der Waals surface area contributed by atoms with Crippen LogP contribution in [0.15, 0.2) is 118 Å². The van der Waals surface area contributed by atoms with Crippen LogP contribution in [-0.2, 0) is 23.8 Å². The van der Waals surface area contributed by atoms with E-state index < -0.39 is 5.60 Å². The maximum Gasteiger partial charge on any atom is 0.338 e. The number of carbonyl (C=O) groups excluding carboxylic acids is 2. The van der Waals surface area contributed by atoms with Crippen LogP contribution in [-0.4, -0.2) is 17.5 Å². The molecule has 0 atom stereocenters. The van der Waals surface area contributed by atoms with Gasteiger partial charge in [-0.05, 0) is 106 Å². The first-order valence-corrected chi connectivity index (χ1v) is 14.1. The van der Waals surface area contributed by atoms with Gasteiger partial charge in [0, 0.05) is 30.4 Å². The van der Waals surface area contributed by atoms with Gasteiger partial charge in [-0.25, -0.2) is 9.59 Å². The summed E-state index contributed by atoms with van der Waals surface area (Å²) in [5.74, 6) is 1.66. The van der Waals surface area contributed by atoms with E-state index in [2.05, 4.69) is 63.5 Å². The average Bonchev–Trinajstić information content (AvgIpc) is 2.94. The van der Waals surface area contributed by atoms with Crippen molar-refractivity contribution in [3.63, 3.8) is 0 Å². The minimum atomic E-state index is -0.390. The highest BCUT2D eigenvalue weighted by atomic mass is 16.5. The van der Waals surface area contributed by atoms with Crippen LogP contribution in [0.2, 0.25) is 0 Å². The van der Waals surface area contributed by atoms with Gasteiger partial charge in [-0.2, -0.15) is 0 Å². The van der Waals surface area contributed by atoms with Gasteiger partial charge in [-0.1, -0.05) is 43.5 Å². The van der Waals surface area contributed by atoms with Gasteiger partial charge in [0.05, 0.1) is 5.76 Å². The minimum Gasteiger partial charge on any atom is -0.488 e. The Morgan fingerprint density at radius 2 is 0.950 bits per heavy atom. The van der Waals surface area contributed by atoms with E-state index in [1.165, 1.54) is 27.9 Å². The zero-order valence-corrected chi connectivity index (χ0v) is 24.2. The summed E-state index contributed by atoms with van der Waals surface area (Å²) in [5.41, 5.74) is 6.93. The van der Waals surface area contributed by atoms with Gasteiger partial charge in [-0.3, -0.25) is 0 Å². The van der Waals surface area contributed by atoms with Crippen molar-refractivity contribution in [3.05, 3.63) is 118 Å². The number of rotatable bonds is 9. The zero-order valence-electron chi connectivity index (χ0n) is 24.2. The molecule has 0 unspecified atom stereocenters. The molecule has 5 heteroatoms. The molecule has 4 aliphatic carbocycles. The summed E-state index contributed by atoms with van der Waals surface area (Å²) in [6.45, 7) is 14.9. The van der Waals surface area contributed by atoms with Crippen LogP contribution in [0, 0.1) is 0 Å². The lowest BCUT2D eigenvalue weighted by molar-refractivity contribution is -0.136. The topological polar surface area (TPSA) is 61.8 Å². The van der Waals surface area contributed by atoms with Crippen molar-refractivity contribution in [1.82, 2.24) is 0 Å². The Morgan fingerprint density at radius 1 is 0.575 bits per heavy atom. The lowest BCUT2D eigenvalue weighted by Gasteiger charge is -2.33. The molecule has 0 amide bonds. The SMILES string of the molecule is C=C(C)C(=O)OC1=CC=C(C2=CC=C(OC(C)(C)C3=CC=C(C4=CC=C(OC(=O)C(=C)C)CC4)CC3)CC2)CC1. The van der Waals surface area contributed by atoms with E-state index in [-0.39, 0.29) is 11.9 Å². The van der Waals surface area contributed by atoms with Gasteiger partial charge in [0.2, 0.25) is 0 Å². The smallest absolute Gasteiger partial charge is 0.338 e. The molecule has 4 rings (SSSR count). The molecule has 0 aromatic carbocycles. The number of esters is 2. The fraction of sp³-hybridized carbons (Fsp3) is 0.371. The Balaban J connectivity index is 1.36. The predicted octanol–water partition coefficient (Wildman–Crippen LogP) is 8.48. The first-order chi connectivity index (χ1) is 19.0. The number of hydrogen-bond donors (Lipinski definition) is 0. The van der Waals surface area contributed by atoms with E-state index in [4.69, 9.17) is 14.2 Å². The largest absolute Gasteiger partial charge is 0.488 e. The van der Waals surface area contributed by atoms with Gasteiger partial charge < -0.3 is 14.2 Å². The van der Waals surface area contributed by atoms with Crippen LogP contribution in [0.1, 0.15) is 79.1 Å². The highest BCUT2D eigenvalue weighted by Crippen LogP contribution is 2.38. The lowest BCUT2D eigenvalue weighted by Crippen LogP contribution is -2.28. The molecule has 5 nitrogen and oxygen atoms in total. The van der Waals surface area contributed by atoms with Gasteiger partial charge in [0.15, 0.2) is 0 Å². The van der Waals surface area contributed by atoms with Crippen LogP contribution in [0.25, 0.3) is 0 Å². The Kier molecular flexibility index (Phi) is 9.14.